The molecule has 0 N–H and O–H groups in total. The minimum atomic E-state index is -0.663. The Bertz CT molecular complexity index is 1010. The fourth-order valence-electron chi connectivity index (χ4n) is 3.07. The minimum absolute atomic E-state index is 0.301. The third kappa shape index (κ3) is 4.48. The summed E-state index contributed by atoms with van der Waals surface area (Å²) in [5, 5.41) is 0. The van der Waals surface area contributed by atoms with Gasteiger partial charge in [-0.1, -0.05) is 12.1 Å². The van der Waals surface area contributed by atoms with Crippen LogP contribution in [0, 0.1) is 5.82 Å². The lowest BCUT2D eigenvalue weighted by Crippen LogP contribution is -2.06. The first-order valence-corrected chi connectivity index (χ1v) is 9.56. The zero-order valence-electron chi connectivity index (χ0n) is 16.3. The summed E-state index contributed by atoms with van der Waals surface area (Å²) >= 11 is 0. The van der Waals surface area contributed by atoms with Crippen molar-refractivity contribution in [3.05, 3.63) is 89.4 Å². The van der Waals surface area contributed by atoms with E-state index in [0.717, 1.165) is 5.56 Å². The molecule has 0 aliphatic carbocycles. The lowest BCUT2D eigenvalue weighted by atomic mass is 10.1. The van der Waals surface area contributed by atoms with Crippen molar-refractivity contribution < 1.29 is 28.1 Å². The summed E-state index contributed by atoms with van der Waals surface area (Å²) in [5.41, 5.74) is 2.00. The van der Waals surface area contributed by atoms with Gasteiger partial charge in [-0.3, -0.25) is 0 Å². The van der Waals surface area contributed by atoms with Gasteiger partial charge in [-0.25, -0.2) is 14.2 Å². The molecule has 0 spiro atoms. The Morgan fingerprint density at radius 1 is 1.13 bits per heavy atom. The maximum Gasteiger partial charge on any atom is 0.338 e. The number of ether oxygens (including phenoxy) is 4. The number of nitrogens with zero attached hydrogens (tertiary/aromatic N) is 1. The summed E-state index contributed by atoms with van der Waals surface area (Å²) in [5.74, 6) is 0.0826. The molecule has 2 heterocycles. The Morgan fingerprint density at radius 3 is 2.63 bits per heavy atom. The van der Waals surface area contributed by atoms with E-state index in [1.54, 1.807) is 31.3 Å². The van der Waals surface area contributed by atoms with Crippen molar-refractivity contribution in [2.75, 3.05) is 13.2 Å². The number of aromatic nitrogens is 1. The van der Waals surface area contributed by atoms with Crippen LogP contribution in [0.15, 0.2) is 66.9 Å². The van der Waals surface area contributed by atoms with Gasteiger partial charge in [0.2, 0.25) is 5.88 Å². The standard InChI is InChI=1S/C23H20FNO5/c1-2-27-22(26)16-7-5-15(6-8-16)20-14-28-23(30-20)19-4-3-13-25-21(19)29-18-11-9-17(24)10-12-18/h3-13,20,23H,2,14H2,1H3/t20?,23-/m0/s1. The van der Waals surface area contributed by atoms with Gasteiger partial charge in [0.15, 0.2) is 6.29 Å². The molecule has 1 aliphatic rings. The zero-order chi connectivity index (χ0) is 20.9. The molecule has 1 aromatic heterocycles. The van der Waals surface area contributed by atoms with Crippen molar-refractivity contribution in [3.8, 4) is 11.6 Å². The normalized spacial score (nSPS) is 18.2. The molecule has 154 valence electrons. The Labute approximate surface area is 173 Å². The van der Waals surface area contributed by atoms with E-state index < -0.39 is 6.29 Å². The monoisotopic (exact) mass is 409 g/mol. The largest absolute Gasteiger partial charge is 0.462 e. The fraction of sp³-hybridized carbons (Fsp3) is 0.217. The molecule has 7 heteroatoms. The molecule has 0 amide bonds. The van der Waals surface area contributed by atoms with Crippen LogP contribution in [0.3, 0.4) is 0 Å². The van der Waals surface area contributed by atoms with Crippen LogP contribution in [0.5, 0.6) is 11.6 Å². The van der Waals surface area contributed by atoms with E-state index in [9.17, 15) is 9.18 Å². The quantitative estimate of drug-likeness (QED) is 0.535. The Hall–Kier alpha value is -3.29. The lowest BCUT2D eigenvalue weighted by Gasteiger charge is -2.15. The first-order valence-electron chi connectivity index (χ1n) is 9.56. The van der Waals surface area contributed by atoms with E-state index in [0.29, 0.717) is 36.0 Å². The average molecular weight is 409 g/mol. The molecular weight excluding hydrogens is 389 g/mol. The summed E-state index contributed by atoms with van der Waals surface area (Å²) in [6.45, 7) is 2.44. The van der Waals surface area contributed by atoms with Crippen molar-refractivity contribution >= 4 is 5.97 Å². The molecule has 2 aromatic carbocycles. The summed E-state index contributed by atoms with van der Waals surface area (Å²) < 4.78 is 35.8. The maximum atomic E-state index is 13.1. The van der Waals surface area contributed by atoms with E-state index in [4.69, 9.17) is 18.9 Å². The van der Waals surface area contributed by atoms with Gasteiger partial charge in [-0.2, -0.15) is 0 Å². The van der Waals surface area contributed by atoms with Gasteiger partial charge in [0.1, 0.15) is 17.7 Å². The van der Waals surface area contributed by atoms with Gasteiger partial charge < -0.3 is 18.9 Å². The molecule has 0 radical (unpaired) electrons. The third-order valence-electron chi connectivity index (χ3n) is 4.56. The number of carbonyl (C=O) groups is 1. The Morgan fingerprint density at radius 2 is 1.90 bits per heavy atom. The van der Waals surface area contributed by atoms with Crippen LogP contribution < -0.4 is 4.74 Å². The van der Waals surface area contributed by atoms with Crippen LogP contribution >= 0.6 is 0 Å². The second-order valence-electron chi connectivity index (χ2n) is 6.59. The molecule has 30 heavy (non-hydrogen) atoms. The molecule has 1 aliphatic heterocycles. The van der Waals surface area contributed by atoms with Gasteiger partial charge in [0, 0.05) is 6.20 Å². The van der Waals surface area contributed by atoms with Crippen LogP contribution in [0.2, 0.25) is 0 Å². The van der Waals surface area contributed by atoms with E-state index in [2.05, 4.69) is 4.98 Å². The third-order valence-corrected chi connectivity index (χ3v) is 4.56. The molecule has 2 atom stereocenters. The van der Waals surface area contributed by atoms with Crippen molar-refractivity contribution in [3.63, 3.8) is 0 Å². The molecule has 1 saturated heterocycles. The molecular formula is C23H20FNO5. The van der Waals surface area contributed by atoms with E-state index in [1.165, 1.54) is 24.3 Å². The SMILES string of the molecule is CCOC(=O)c1ccc(C2CO[C@H](c3cccnc3Oc3ccc(F)cc3)O2)cc1. The second kappa shape index (κ2) is 9.02. The van der Waals surface area contributed by atoms with E-state index >= 15 is 0 Å². The minimum Gasteiger partial charge on any atom is -0.462 e. The van der Waals surface area contributed by atoms with Gasteiger partial charge in [-0.15, -0.1) is 0 Å². The van der Waals surface area contributed by atoms with Crippen molar-refractivity contribution in [2.45, 2.75) is 19.3 Å². The molecule has 3 aromatic rings. The van der Waals surface area contributed by atoms with Crippen LogP contribution in [0.25, 0.3) is 0 Å². The highest BCUT2D eigenvalue weighted by molar-refractivity contribution is 5.89. The lowest BCUT2D eigenvalue weighted by molar-refractivity contribution is -0.0620. The molecule has 6 nitrogen and oxygen atoms in total. The van der Waals surface area contributed by atoms with Gasteiger partial charge >= 0.3 is 5.97 Å². The predicted octanol–water partition coefficient (Wildman–Crippen LogP) is 4.98. The first kappa shape index (κ1) is 20.0. The summed E-state index contributed by atoms with van der Waals surface area (Å²) in [4.78, 5) is 16.1. The highest BCUT2D eigenvalue weighted by Crippen LogP contribution is 2.39. The van der Waals surface area contributed by atoms with Gasteiger partial charge in [0.25, 0.3) is 0 Å². The second-order valence-corrected chi connectivity index (χ2v) is 6.59. The zero-order valence-corrected chi connectivity index (χ0v) is 16.3. The number of benzene rings is 2. The highest BCUT2D eigenvalue weighted by Gasteiger charge is 2.31. The maximum absolute atomic E-state index is 13.1. The van der Waals surface area contributed by atoms with Crippen LogP contribution in [0.1, 0.15) is 40.8 Å². The number of pyridine rings is 1. The fourth-order valence-corrected chi connectivity index (χ4v) is 3.07. The number of halogens is 1. The van der Waals surface area contributed by atoms with Crippen LogP contribution in [-0.2, 0) is 14.2 Å². The number of carbonyl (C=O) groups excluding carboxylic acids is 1. The highest BCUT2D eigenvalue weighted by atomic mass is 19.1. The van der Waals surface area contributed by atoms with Gasteiger partial charge in [0.05, 0.1) is 24.3 Å². The Balaban J connectivity index is 1.47. The summed E-state index contributed by atoms with van der Waals surface area (Å²) in [7, 11) is 0. The van der Waals surface area contributed by atoms with Crippen molar-refractivity contribution in [1.29, 1.82) is 0 Å². The van der Waals surface area contributed by atoms with Crippen molar-refractivity contribution in [2.24, 2.45) is 0 Å². The molecule has 4 rings (SSSR count). The van der Waals surface area contributed by atoms with E-state index in [-0.39, 0.29) is 17.9 Å². The van der Waals surface area contributed by atoms with Crippen LogP contribution in [-0.4, -0.2) is 24.2 Å². The molecule has 0 saturated carbocycles. The Kier molecular flexibility index (Phi) is 6.02. The molecule has 1 unspecified atom stereocenters. The number of rotatable bonds is 6. The predicted molar refractivity (Wildman–Crippen MR) is 106 cm³/mol. The number of hydrogen-bond donors (Lipinski definition) is 0. The molecule has 0 bridgehead atoms. The summed E-state index contributed by atoms with van der Waals surface area (Å²) in [6, 6.07) is 16.3. The smallest absolute Gasteiger partial charge is 0.338 e. The number of esters is 1. The molecule has 1 fully saturated rings. The topological polar surface area (TPSA) is 66.9 Å². The van der Waals surface area contributed by atoms with E-state index in [1.807, 2.05) is 18.2 Å². The average Bonchev–Trinajstić information content (AvgIpc) is 3.26. The van der Waals surface area contributed by atoms with Crippen molar-refractivity contribution in [1.82, 2.24) is 4.98 Å². The number of hydrogen-bond acceptors (Lipinski definition) is 6. The van der Waals surface area contributed by atoms with Gasteiger partial charge in [-0.05, 0) is 61.0 Å². The first-order chi connectivity index (χ1) is 14.6. The summed E-state index contributed by atoms with van der Waals surface area (Å²) in [6.07, 6.45) is 0.636. The van der Waals surface area contributed by atoms with Crippen LogP contribution in [0.4, 0.5) is 4.39 Å².